The van der Waals surface area contributed by atoms with Crippen molar-refractivity contribution in [3.8, 4) is 0 Å². The van der Waals surface area contributed by atoms with Gasteiger partial charge in [0.05, 0.1) is 10.9 Å². The van der Waals surface area contributed by atoms with E-state index in [2.05, 4.69) is 10.6 Å². The third-order valence-electron chi connectivity index (χ3n) is 5.87. The number of primary sulfonamides is 1. The van der Waals surface area contributed by atoms with Crippen LogP contribution in [0.4, 0.5) is 14.9 Å². The molecule has 182 valence electrons. The first kappa shape index (κ1) is 24.4. The highest BCUT2D eigenvalue weighted by molar-refractivity contribution is 7.89. The number of urea groups is 1. The summed E-state index contributed by atoms with van der Waals surface area (Å²) in [5.74, 6) is -0.742. The minimum atomic E-state index is -3.99. The van der Waals surface area contributed by atoms with Gasteiger partial charge in [-0.2, -0.15) is 0 Å². The van der Waals surface area contributed by atoms with Crippen molar-refractivity contribution in [3.63, 3.8) is 0 Å². The highest BCUT2D eigenvalue weighted by atomic mass is 32.2. The van der Waals surface area contributed by atoms with E-state index in [-0.39, 0.29) is 29.0 Å². The molecule has 35 heavy (non-hydrogen) atoms. The zero-order valence-corrected chi connectivity index (χ0v) is 19.6. The normalized spacial score (nSPS) is 15.6. The minimum absolute atomic E-state index is 0.0220. The molecule has 0 spiro atoms. The summed E-state index contributed by atoms with van der Waals surface area (Å²) in [6.45, 7) is 0.442. The van der Waals surface area contributed by atoms with Crippen LogP contribution in [0.5, 0.6) is 0 Å². The molecule has 1 unspecified atom stereocenters. The highest BCUT2D eigenvalue weighted by Gasteiger charge is 2.30. The zero-order chi connectivity index (χ0) is 25.0. The van der Waals surface area contributed by atoms with Crippen LogP contribution in [-0.2, 0) is 16.6 Å². The Balaban J connectivity index is 1.36. The SMILES string of the molecule is NS(=O)(=O)c1ccc(F)c(CNC(=O)Nc2ccc(C(=O)N3CCCC3c3ccccc3)cc2)c1. The minimum Gasteiger partial charge on any atom is -0.334 e. The Morgan fingerprint density at radius 3 is 2.43 bits per heavy atom. The quantitative estimate of drug-likeness (QED) is 0.481. The lowest BCUT2D eigenvalue weighted by atomic mass is 10.0. The molecule has 1 fully saturated rings. The summed E-state index contributed by atoms with van der Waals surface area (Å²) < 4.78 is 36.9. The predicted molar refractivity (Wildman–Crippen MR) is 130 cm³/mol. The molecule has 1 aliphatic heterocycles. The Morgan fingerprint density at radius 2 is 1.74 bits per heavy atom. The number of carbonyl (C=O) groups is 2. The Kier molecular flexibility index (Phi) is 7.13. The van der Waals surface area contributed by atoms with Gasteiger partial charge in [-0.25, -0.2) is 22.7 Å². The van der Waals surface area contributed by atoms with Crippen molar-refractivity contribution in [3.05, 3.63) is 95.3 Å². The summed E-state index contributed by atoms with van der Waals surface area (Å²) in [4.78, 5) is 27.0. The molecular formula is C25H25FN4O4S. The average Bonchev–Trinajstić information content (AvgIpc) is 3.33. The number of halogens is 1. The van der Waals surface area contributed by atoms with E-state index >= 15 is 0 Å². The molecule has 10 heteroatoms. The Hall–Kier alpha value is -3.76. The van der Waals surface area contributed by atoms with Gasteiger partial charge in [-0.1, -0.05) is 30.3 Å². The lowest BCUT2D eigenvalue weighted by Gasteiger charge is -2.25. The monoisotopic (exact) mass is 496 g/mol. The zero-order valence-electron chi connectivity index (χ0n) is 18.8. The van der Waals surface area contributed by atoms with Gasteiger partial charge in [-0.05, 0) is 60.9 Å². The second-order valence-electron chi connectivity index (χ2n) is 8.25. The van der Waals surface area contributed by atoms with Gasteiger partial charge in [-0.15, -0.1) is 0 Å². The maximum Gasteiger partial charge on any atom is 0.319 e. The van der Waals surface area contributed by atoms with E-state index in [0.29, 0.717) is 17.8 Å². The summed E-state index contributed by atoms with van der Waals surface area (Å²) in [7, 11) is -3.99. The topological polar surface area (TPSA) is 122 Å². The second kappa shape index (κ2) is 10.2. The number of nitrogens with zero attached hydrogens (tertiary/aromatic N) is 1. The maximum atomic E-state index is 14.0. The Labute approximate surface area is 203 Å². The van der Waals surface area contributed by atoms with Crippen molar-refractivity contribution >= 4 is 27.6 Å². The molecule has 1 aliphatic rings. The summed E-state index contributed by atoms with van der Waals surface area (Å²) in [5.41, 5.74) is 2.05. The molecule has 4 rings (SSSR count). The molecule has 3 amide bonds. The standard InChI is InChI=1S/C25H25FN4O4S/c26-22-13-12-21(35(27,33)34)15-19(22)16-28-25(32)29-20-10-8-18(9-11-20)24(31)30-14-4-7-23(30)17-5-2-1-3-6-17/h1-3,5-6,8-13,15,23H,4,7,14,16H2,(H2,27,33,34)(H2,28,29,32). The van der Waals surface area contributed by atoms with Crippen LogP contribution >= 0.6 is 0 Å². The van der Waals surface area contributed by atoms with E-state index in [1.54, 1.807) is 24.3 Å². The summed E-state index contributed by atoms with van der Waals surface area (Å²) >= 11 is 0. The van der Waals surface area contributed by atoms with Gasteiger partial charge >= 0.3 is 6.03 Å². The van der Waals surface area contributed by atoms with Crippen LogP contribution in [0.15, 0.2) is 77.7 Å². The number of carbonyl (C=O) groups excluding carboxylic acids is 2. The first-order chi connectivity index (χ1) is 16.7. The van der Waals surface area contributed by atoms with Crippen molar-refractivity contribution in [1.29, 1.82) is 0 Å². The molecule has 0 radical (unpaired) electrons. The maximum absolute atomic E-state index is 14.0. The van der Waals surface area contributed by atoms with Crippen LogP contribution in [0.25, 0.3) is 0 Å². The van der Waals surface area contributed by atoms with Gasteiger partial charge in [0.25, 0.3) is 5.91 Å². The fourth-order valence-corrected chi connectivity index (χ4v) is 4.67. The number of nitrogens with one attached hydrogen (secondary N) is 2. The lowest BCUT2D eigenvalue weighted by molar-refractivity contribution is 0.0735. The summed E-state index contributed by atoms with van der Waals surface area (Å²) in [5, 5.41) is 10.1. The Bertz CT molecular complexity index is 1330. The fourth-order valence-electron chi connectivity index (χ4n) is 4.11. The molecule has 1 heterocycles. The van der Waals surface area contributed by atoms with E-state index in [1.165, 1.54) is 0 Å². The van der Waals surface area contributed by atoms with Crippen LogP contribution in [0.2, 0.25) is 0 Å². The summed E-state index contributed by atoms with van der Waals surface area (Å²) in [6, 6.07) is 19.0. The number of likely N-dealkylation sites (tertiary alicyclic amines) is 1. The predicted octanol–water partition coefficient (Wildman–Crippen LogP) is 3.77. The first-order valence-electron chi connectivity index (χ1n) is 11.0. The molecule has 8 nitrogen and oxygen atoms in total. The third kappa shape index (κ3) is 5.84. The van der Waals surface area contributed by atoms with Crippen LogP contribution < -0.4 is 15.8 Å². The van der Waals surface area contributed by atoms with E-state index in [9.17, 15) is 22.4 Å². The molecule has 1 atom stereocenters. The van der Waals surface area contributed by atoms with Gasteiger partial charge in [-0.3, -0.25) is 4.79 Å². The number of amides is 3. The van der Waals surface area contributed by atoms with Gasteiger partial charge in [0, 0.05) is 29.9 Å². The molecule has 0 saturated carbocycles. The van der Waals surface area contributed by atoms with Gasteiger partial charge < -0.3 is 15.5 Å². The van der Waals surface area contributed by atoms with Crippen LogP contribution in [0.3, 0.4) is 0 Å². The van der Waals surface area contributed by atoms with Crippen LogP contribution in [-0.4, -0.2) is 31.8 Å². The van der Waals surface area contributed by atoms with Crippen molar-refractivity contribution in [1.82, 2.24) is 10.2 Å². The van der Waals surface area contributed by atoms with Crippen molar-refractivity contribution in [2.24, 2.45) is 5.14 Å². The smallest absolute Gasteiger partial charge is 0.319 e. The van der Waals surface area contributed by atoms with Crippen LogP contribution in [0, 0.1) is 5.82 Å². The number of nitrogens with two attached hydrogens (primary N) is 1. The number of rotatable bonds is 6. The fraction of sp³-hybridized carbons (Fsp3) is 0.200. The Morgan fingerprint density at radius 1 is 1.03 bits per heavy atom. The molecule has 0 aliphatic carbocycles. The first-order valence-corrected chi connectivity index (χ1v) is 12.6. The molecule has 0 bridgehead atoms. The number of sulfonamides is 1. The molecule has 0 aromatic heterocycles. The number of benzene rings is 3. The van der Waals surface area contributed by atoms with E-state index in [0.717, 1.165) is 36.6 Å². The number of anilines is 1. The van der Waals surface area contributed by atoms with Crippen LogP contribution in [0.1, 0.15) is 40.4 Å². The second-order valence-corrected chi connectivity index (χ2v) is 9.81. The van der Waals surface area contributed by atoms with Crippen molar-refractivity contribution < 1.29 is 22.4 Å². The van der Waals surface area contributed by atoms with Crippen molar-refractivity contribution in [2.45, 2.75) is 30.3 Å². The average molecular weight is 497 g/mol. The van der Waals surface area contributed by atoms with Gasteiger partial charge in [0.15, 0.2) is 0 Å². The van der Waals surface area contributed by atoms with E-state index in [4.69, 9.17) is 5.14 Å². The van der Waals surface area contributed by atoms with Crippen molar-refractivity contribution in [2.75, 3.05) is 11.9 Å². The van der Waals surface area contributed by atoms with E-state index < -0.39 is 21.9 Å². The molecule has 3 aromatic rings. The molecular weight excluding hydrogens is 471 g/mol. The molecule has 3 aromatic carbocycles. The molecule has 1 saturated heterocycles. The lowest BCUT2D eigenvalue weighted by Crippen LogP contribution is -2.30. The van der Waals surface area contributed by atoms with E-state index in [1.807, 2.05) is 35.2 Å². The molecule has 4 N–H and O–H groups in total. The highest BCUT2D eigenvalue weighted by Crippen LogP contribution is 2.33. The number of hydrogen-bond acceptors (Lipinski definition) is 4. The van der Waals surface area contributed by atoms with Gasteiger partial charge in [0.2, 0.25) is 10.0 Å². The largest absolute Gasteiger partial charge is 0.334 e. The third-order valence-corrected chi connectivity index (χ3v) is 6.78. The summed E-state index contributed by atoms with van der Waals surface area (Å²) in [6.07, 6.45) is 1.85. The number of hydrogen-bond donors (Lipinski definition) is 3. The van der Waals surface area contributed by atoms with Gasteiger partial charge in [0.1, 0.15) is 5.82 Å².